The van der Waals surface area contributed by atoms with Gasteiger partial charge in [0, 0.05) is 6.20 Å². The molecule has 0 saturated heterocycles. The first-order valence-corrected chi connectivity index (χ1v) is 5.27. The molecule has 3 N–H and O–H groups in total. The minimum Gasteiger partial charge on any atom is -0.467 e. The molecule has 0 radical (unpaired) electrons. The van der Waals surface area contributed by atoms with Gasteiger partial charge in [0.2, 0.25) is 5.91 Å². The van der Waals surface area contributed by atoms with Gasteiger partial charge in [0.1, 0.15) is 17.6 Å². The maximum Gasteiger partial charge on any atom is 0.244 e. The molecule has 6 heteroatoms. The Morgan fingerprint density at radius 2 is 2.47 bits per heavy atom. The Labute approximate surface area is 98.4 Å². The van der Waals surface area contributed by atoms with Crippen LogP contribution in [0.1, 0.15) is 18.7 Å². The smallest absolute Gasteiger partial charge is 0.244 e. The number of furan rings is 1. The van der Waals surface area contributed by atoms with Crippen LogP contribution >= 0.6 is 0 Å². The molecule has 0 bridgehead atoms. The zero-order valence-electron chi connectivity index (χ0n) is 9.46. The summed E-state index contributed by atoms with van der Waals surface area (Å²) in [5.74, 6) is 0.978. The van der Waals surface area contributed by atoms with Crippen molar-refractivity contribution in [3.05, 3.63) is 36.4 Å². The van der Waals surface area contributed by atoms with Crippen LogP contribution in [-0.4, -0.2) is 15.7 Å². The van der Waals surface area contributed by atoms with Gasteiger partial charge in [0.15, 0.2) is 0 Å². The largest absolute Gasteiger partial charge is 0.467 e. The number of anilines is 1. The molecule has 0 aromatic carbocycles. The Morgan fingerprint density at radius 1 is 1.65 bits per heavy atom. The number of hydrogen-bond acceptors (Lipinski definition) is 4. The number of amides is 1. The van der Waals surface area contributed by atoms with E-state index in [2.05, 4.69) is 10.4 Å². The van der Waals surface area contributed by atoms with Gasteiger partial charge >= 0.3 is 0 Å². The lowest BCUT2D eigenvalue weighted by Crippen LogP contribution is -2.30. The topological polar surface area (TPSA) is 86.1 Å². The number of nitrogens with one attached hydrogen (secondary N) is 1. The van der Waals surface area contributed by atoms with Gasteiger partial charge in [0.05, 0.1) is 12.8 Å². The molecule has 2 aromatic heterocycles. The molecule has 2 aromatic rings. The SMILES string of the molecule is CC(C(=O)NCc1ccco1)n1ccc(N)n1. The van der Waals surface area contributed by atoms with Crippen molar-refractivity contribution in [1.82, 2.24) is 15.1 Å². The Morgan fingerprint density at radius 3 is 3.06 bits per heavy atom. The van der Waals surface area contributed by atoms with Gasteiger partial charge in [-0.3, -0.25) is 9.48 Å². The summed E-state index contributed by atoms with van der Waals surface area (Å²) in [6.45, 7) is 2.12. The van der Waals surface area contributed by atoms with Crippen LogP contribution in [0.3, 0.4) is 0 Å². The number of carbonyl (C=O) groups is 1. The lowest BCUT2D eigenvalue weighted by Gasteiger charge is -2.11. The van der Waals surface area contributed by atoms with Crippen LogP contribution < -0.4 is 11.1 Å². The molecule has 1 unspecified atom stereocenters. The van der Waals surface area contributed by atoms with Crippen molar-refractivity contribution in [3.63, 3.8) is 0 Å². The molecule has 1 amide bonds. The highest BCUT2D eigenvalue weighted by molar-refractivity contribution is 5.79. The van der Waals surface area contributed by atoms with Gasteiger partial charge in [-0.15, -0.1) is 0 Å². The summed E-state index contributed by atoms with van der Waals surface area (Å²) in [4.78, 5) is 11.8. The standard InChI is InChI=1S/C11H14N4O2/c1-8(15-5-4-10(12)14-15)11(16)13-7-9-3-2-6-17-9/h2-6,8H,7H2,1H3,(H2,12,14)(H,13,16). The highest BCUT2D eigenvalue weighted by atomic mass is 16.3. The van der Waals surface area contributed by atoms with Crippen molar-refractivity contribution in [2.75, 3.05) is 5.73 Å². The van der Waals surface area contributed by atoms with Gasteiger partial charge in [-0.1, -0.05) is 0 Å². The fourth-order valence-corrected chi connectivity index (χ4v) is 1.42. The first kappa shape index (κ1) is 11.3. The van der Waals surface area contributed by atoms with Crippen molar-refractivity contribution >= 4 is 11.7 Å². The monoisotopic (exact) mass is 234 g/mol. The van der Waals surface area contributed by atoms with E-state index in [9.17, 15) is 4.79 Å². The quantitative estimate of drug-likeness (QED) is 0.824. The first-order chi connectivity index (χ1) is 8.16. The van der Waals surface area contributed by atoms with Gasteiger partial charge < -0.3 is 15.5 Å². The Kier molecular flexibility index (Phi) is 3.13. The Balaban J connectivity index is 1.91. The Hall–Kier alpha value is -2.24. The van der Waals surface area contributed by atoms with E-state index in [0.29, 0.717) is 18.1 Å². The zero-order chi connectivity index (χ0) is 12.3. The molecule has 2 heterocycles. The van der Waals surface area contributed by atoms with Crippen molar-refractivity contribution in [1.29, 1.82) is 0 Å². The molecule has 0 spiro atoms. The molecule has 0 aliphatic rings. The second-order valence-electron chi connectivity index (χ2n) is 3.69. The van der Waals surface area contributed by atoms with Crippen LogP contribution in [0.4, 0.5) is 5.82 Å². The van der Waals surface area contributed by atoms with Crippen molar-refractivity contribution in [2.45, 2.75) is 19.5 Å². The number of hydrogen-bond donors (Lipinski definition) is 2. The van der Waals surface area contributed by atoms with E-state index in [0.717, 1.165) is 0 Å². The van der Waals surface area contributed by atoms with Crippen LogP contribution in [0.25, 0.3) is 0 Å². The maximum atomic E-state index is 11.8. The second-order valence-corrected chi connectivity index (χ2v) is 3.69. The highest BCUT2D eigenvalue weighted by Gasteiger charge is 2.15. The van der Waals surface area contributed by atoms with Crippen molar-refractivity contribution in [3.8, 4) is 0 Å². The average Bonchev–Trinajstić information content (AvgIpc) is 2.95. The first-order valence-electron chi connectivity index (χ1n) is 5.27. The highest BCUT2D eigenvalue weighted by Crippen LogP contribution is 2.07. The number of aromatic nitrogens is 2. The fraction of sp³-hybridized carbons (Fsp3) is 0.273. The minimum atomic E-state index is -0.401. The fourth-order valence-electron chi connectivity index (χ4n) is 1.42. The van der Waals surface area contributed by atoms with Crippen LogP contribution in [0.15, 0.2) is 35.1 Å². The van der Waals surface area contributed by atoms with Gasteiger partial charge in [-0.2, -0.15) is 5.10 Å². The van der Waals surface area contributed by atoms with Crippen LogP contribution in [-0.2, 0) is 11.3 Å². The lowest BCUT2D eigenvalue weighted by atomic mass is 10.3. The Bertz CT molecular complexity index is 489. The minimum absolute atomic E-state index is 0.135. The third kappa shape index (κ3) is 2.66. The van der Waals surface area contributed by atoms with E-state index < -0.39 is 6.04 Å². The molecule has 2 rings (SSSR count). The number of nitrogen functional groups attached to an aromatic ring is 1. The third-order valence-electron chi connectivity index (χ3n) is 2.42. The van der Waals surface area contributed by atoms with E-state index in [1.165, 1.54) is 4.68 Å². The predicted octanol–water partition coefficient (Wildman–Crippen LogP) is 0.936. The normalized spacial score (nSPS) is 12.3. The average molecular weight is 234 g/mol. The molecule has 90 valence electrons. The number of nitrogens with two attached hydrogens (primary N) is 1. The molecule has 0 aliphatic carbocycles. The summed E-state index contributed by atoms with van der Waals surface area (Å²) < 4.78 is 6.64. The summed E-state index contributed by atoms with van der Waals surface area (Å²) in [5, 5.41) is 6.75. The molecular formula is C11H14N4O2. The molecule has 0 aliphatic heterocycles. The molecule has 0 saturated carbocycles. The van der Waals surface area contributed by atoms with E-state index in [1.807, 2.05) is 0 Å². The molecule has 0 fully saturated rings. The van der Waals surface area contributed by atoms with E-state index in [1.54, 1.807) is 37.6 Å². The summed E-state index contributed by atoms with van der Waals surface area (Å²) in [5.41, 5.74) is 5.49. The second kappa shape index (κ2) is 4.73. The number of rotatable bonds is 4. The zero-order valence-corrected chi connectivity index (χ0v) is 9.46. The summed E-state index contributed by atoms with van der Waals surface area (Å²) in [6.07, 6.45) is 3.24. The van der Waals surface area contributed by atoms with E-state index in [-0.39, 0.29) is 5.91 Å². The van der Waals surface area contributed by atoms with Gasteiger partial charge in [-0.25, -0.2) is 0 Å². The summed E-state index contributed by atoms with van der Waals surface area (Å²) in [6, 6.07) is 4.83. The van der Waals surface area contributed by atoms with E-state index >= 15 is 0 Å². The summed E-state index contributed by atoms with van der Waals surface area (Å²) in [7, 11) is 0. The lowest BCUT2D eigenvalue weighted by molar-refractivity contribution is -0.124. The number of carbonyl (C=O) groups excluding carboxylic acids is 1. The predicted molar refractivity (Wildman–Crippen MR) is 61.9 cm³/mol. The van der Waals surface area contributed by atoms with Crippen molar-refractivity contribution < 1.29 is 9.21 Å². The maximum absolute atomic E-state index is 11.8. The van der Waals surface area contributed by atoms with Gasteiger partial charge in [0.25, 0.3) is 0 Å². The number of nitrogens with zero attached hydrogens (tertiary/aromatic N) is 2. The van der Waals surface area contributed by atoms with Crippen LogP contribution in [0.5, 0.6) is 0 Å². The van der Waals surface area contributed by atoms with Crippen LogP contribution in [0, 0.1) is 0 Å². The van der Waals surface area contributed by atoms with Gasteiger partial charge in [-0.05, 0) is 25.1 Å². The van der Waals surface area contributed by atoms with Crippen molar-refractivity contribution in [2.24, 2.45) is 0 Å². The molecule has 17 heavy (non-hydrogen) atoms. The summed E-state index contributed by atoms with van der Waals surface area (Å²) >= 11 is 0. The molecule has 1 atom stereocenters. The van der Waals surface area contributed by atoms with Crippen LogP contribution in [0.2, 0.25) is 0 Å². The molecular weight excluding hydrogens is 220 g/mol. The third-order valence-corrected chi connectivity index (χ3v) is 2.42. The molecule has 6 nitrogen and oxygen atoms in total. The van der Waals surface area contributed by atoms with E-state index in [4.69, 9.17) is 10.2 Å².